The Morgan fingerprint density at radius 2 is 1.27 bits per heavy atom. The summed E-state index contributed by atoms with van der Waals surface area (Å²) in [4.78, 5) is 11.9. The minimum absolute atomic E-state index is 0.511. The average molecular weight is 387 g/mol. The molecule has 0 rings (SSSR count). The van der Waals surface area contributed by atoms with Crippen LogP contribution in [0.2, 0.25) is 0 Å². The lowest BCUT2D eigenvalue weighted by molar-refractivity contribution is -0.910. The lowest BCUT2D eigenvalue weighted by atomic mass is 10.0. The molecule has 0 fully saturated rings. The topological polar surface area (TPSA) is 40.1 Å². The van der Waals surface area contributed by atoms with E-state index in [0.717, 1.165) is 19.3 Å². The molecule has 0 radical (unpaired) electrons. The number of nitrogens with zero attached hydrogens (tertiary/aromatic N) is 1. The van der Waals surface area contributed by atoms with Crippen LogP contribution in [0.5, 0.6) is 0 Å². The summed E-state index contributed by atoms with van der Waals surface area (Å²) in [5, 5.41) is -0.595. The molecule has 0 N–H and O–H groups in total. The van der Waals surface area contributed by atoms with Gasteiger partial charge < -0.3 is 4.89 Å². The molecule has 0 aliphatic rings. The van der Waals surface area contributed by atoms with Gasteiger partial charge in [-0.3, -0.25) is 4.48 Å². The fraction of sp³-hybridized carbons (Fsp3) is 0.909. The molecule has 26 heavy (non-hydrogen) atoms. The molecule has 0 aliphatic carbocycles. The first-order valence-electron chi connectivity index (χ1n) is 10.9. The molecule has 0 aromatic heterocycles. The van der Waals surface area contributed by atoms with Crippen molar-refractivity contribution in [2.75, 3.05) is 21.1 Å². The Balaban J connectivity index is 3.68. The summed E-state index contributed by atoms with van der Waals surface area (Å²) in [6.45, 7) is 4.10. The molecular formula is C22H45NO2P+. The molecule has 0 aliphatic heterocycles. The highest BCUT2D eigenvalue weighted by Gasteiger charge is 2.52. The van der Waals surface area contributed by atoms with Crippen LogP contribution in [0.3, 0.4) is 0 Å². The first kappa shape index (κ1) is 25.8. The molecule has 0 saturated heterocycles. The highest BCUT2D eigenvalue weighted by Crippen LogP contribution is 2.44. The fourth-order valence-corrected chi connectivity index (χ4v) is 4.97. The SMILES string of the molecule is CC=CCCCCCCCCCCCCCC(CC)([P+](=O)[O-])[N+](C)(C)C. The second kappa shape index (κ2) is 14.8. The third kappa shape index (κ3) is 10.2. The summed E-state index contributed by atoms with van der Waals surface area (Å²) in [6.07, 6.45) is 21.4. The zero-order valence-corrected chi connectivity index (χ0v) is 19.2. The quantitative estimate of drug-likeness (QED) is 0.123. The molecule has 2 atom stereocenters. The van der Waals surface area contributed by atoms with Gasteiger partial charge in [0.25, 0.3) is 5.28 Å². The number of allylic oxidation sites excluding steroid dienone is 2. The molecule has 0 aromatic rings. The Morgan fingerprint density at radius 1 is 0.846 bits per heavy atom. The normalized spacial score (nSPS) is 15.4. The summed E-state index contributed by atoms with van der Waals surface area (Å²) in [6, 6.07) is 0. The van der Waals surface area contributed by atoms with E-state index in [1.165, 1.54) is 64.2 Å². The summed E-state index contributed by atoms with van der Waals surface area (Å²) in [5.74, 6) is 0. The fourth-order valence-electron chi connectivity index (χ4n) is 3.88. The van der Waals surface area contributed by atoms with Gasteiger partial charge in [-0.25, -0.2) is 0 Å². The summed E-state index contributed by atoms with van der Waals surface area (Å²) < 4.78 is 12.4. The van der Waals surface area contributed by atoms with Crippen molar-refractivity contribution in [2.24, 2.45) is 0 Å². The van der Waals surface area contributed by atoms with Crippen molar-refractivity contribution in [2.45, 2.75) is 109 Å². The molecule has 0 bridgehead atoms. The highest BCUT2D eigenvalue weighted by molar-refractivity contribution is 7.38. The Bertz CT molecular complexity index is 390. The largest absolute Gasteiger partial charge is 0.590 e. The van der Waals surface area contributed by atoms with Gasteiger partial charge in [0.15, 0.2) is 0 Å². The van der Waals surface area contributed by atoms with Crippen LogP contribution < -0.4 is 4.89 Å². The molecule has 2 unspecified atom stereocenters. The minimum Gasteiger partial charge on any atom is -0.590 e. The molecule has 4 heteroatoms. The van der Waals surface area contributed by atoms with Crippen LogP contribution in [-0.4, -0.2) is 30.9 Å². The first-order valence-corrected chi connectivity index (χ1v) is 12.1. The van der Waals surface area contributed by atoms with Crippen molar-refractivity contribution >= 4 is 8.03 Å². The molecule has 0 saturated carbocycles. The van der Waals surface area contributed by atoms with E-state index in [2.05, 4.69) is 19.1 Å². The summed E-state index contributed by atoms with van der Waals surface area (Å²) in [7, 11) is 3.62. The van der Waals surface area contributed by atoms with Crippen molar-refractivity contribution in [3.05, 3.63) is 12.2 Å². The zero-order valence-electron chi connectivity index (χ0n) is 18.3. The van der Waals surface area contributed by atoms with E-state index in [-0.39, 0.29) is 0 Å². The van der Waals surface area contributed by atoms with Crippen LogP contribution in [0.25, 0.3) is 0 Å². The van der Waals surface area contributed by atoms with Crippen LogP contribution >= 0.6 is 8.03 Å². The van der Waals surface area contributed by atoms with Crippen LogP contribution in [-0.2, 0) is 4.57 Å². The Labute approximate surface area is 164 Å². The smallest absolute Gasteiger partial charge is 0.376 e. The van der Waals surface area contributed by atoms with Gasteiger partial charge in [-0.15, -0.1) is 0 Å². The number of quaternary nitrogens is 1. The summed E-state index contributed by atoms with van der Waals surface area (Å²) in [5.41, 5.74) is 0. The van der Waals surface area contributed by atoms with Crippen LogP contribution in [0, 0.1) is 0 Å². The third-order valence-electron chi connectivity index (χ3n) is 5.84. The second-order valence-corrected chi connectivity index (χ2v) is 9.95. The second-order valence-electron chi connectivity index (χ2n) is 8.60. The average Bonchev–Trinajstić information content (AvgIpc) is 2.57. The van der Waals surface area contributed by atoms with E-state index in [9.17, 15) is 9.46 Å². The van der Waals surface area contributed by atoms with Gasteiger partial charge in [0.1, 0.15) is 0 Å². The van der Waals surface area contributed by atoms with Crippen molar-refractivity contribution in [1.29, 1.82) is 0 Å². The standard InChI is InChI=1S/C22H45NO2P/c1-6-8-9-10-11-12-13-14-15-16-17-18-19-20-21-22(7-2,26(24)25)23(3,4)5/h6,8H,7,9-21H2,1-5H3/q+1. The monoisotopic (exact) mass is 386 g/mol. The van der Waals surface area contributed by atoms with E-state index in [1.807, 2.05) is 28.1 Å². The van der Waals surface area contributed by atoms with E-state index in [0.29, 0.717) is 10.9 Å². The van der Waals surface area contributed by atoms with Crippen LogP contribution in [0.15, 0.2) is 12.2 Å². The summed E-state index contributed by atoms with van der Waals surface area (Å²) >= 11 is 0. The Hall–Kier alpha value is -0.240. The van der Waals surface area contributed by atoms with E-state index in [1.54, 1.807) is 0 Å². The molecular weight excluding hydrogens is 341 g/mol. The maximum Gasteiger partial charge on any atom is 0.376 e. The van der Waals surface area contributed by atoms with Gasteiger partial charge in [0.05, 0.1) is 21.1 Å². The van der Waals surface area contributed by atoms with Gasteiger partial charge in [-0.1, -0.05) is 81.4 Å². The molecule has 0 aromatic carbocycles. The minimum atomic E-state index is -2.41. The van der Waals surface area contributed by atoms with Crippen molar-refractivity contribution in [3.63, 3.8) is 0 Å². The van der Waals surface area contributed by atoms with Gasteiger partial charge >= 0.3 is 8.03 Å². The Morgan fingerprint density at radius 3 is 1.62 bits per heavy atom. The van der Waals surface area contributed by atoms with Gasteiger partial charge in [-0.05, 0) is 26.2 Å². The van der Waals surface area contributed by atoms with Crippen LogP contribution in [0.4, 0.5) is 0 Å². The number of unbranched alkanes of at least 4 members (excludes halogenated alkanes) is 11. The van der Waals surface area contributed by atoms with E-state index < -0.39 is 13.3 Å². The maximum atomic E-state index is 11.9. The Kier molecular flexibility index (Phi) is 14.6. The molecule has 0 spiro atoms. The lowest BCUT2D eigenvalue weighted by Gasteiger charge is -2.39. The molecule has 0 heterocycles. The van der Waals surface area contributed by atoms with Gasteiger partial charge in [0.2, 0.25) is 0 Å². The number of hydrogen-bond acceptors (Lipinski definition) is 2. The van der Waals surface area contributed by atoms with E-state index in [4.69, 9.17) is 0 Å². The van der Waals surface area contributed by atoms with Gasteiger partial charge in [0, 0.05) is 12.8 Å². The van der Waals surface area contributed by atoms with Gasteiger partial charge in [-0.2, -0.15) is 0 Å². The molecule has 0 amide bonds. The third-order valence-corrected chi connectivity index (χ3v) is 7.66. The van der Waals surface area contributed by atoms with Crippen molar-refractivity contribution in [3.8, 4) is 0 Å². The predicted octanol–water partition coefficient (Wildman–Crippen LogP) is 6.55. The maximum absolute atomic E-state index is 11.9. The zero-order chi connectivity index (χ0) is 19.9. The van der Waals surface area contributed by atoms with Crippen LogP contribution in [0.1, 0.15) is 104 Å². The number of hydrogen-bond donors (Lipinski definition) is 0. The molecule has 3 nitrogen and oxygen atoms in total. The molecule has 154 valence electrons. The highest BCUT2D eigenvalue weighted by atomic mass is 31.1. The lowest BCUT2D eigenvalue weighted by Crippen LogP contribution is -2.55. The number of rotatable bonds is 17. The predicted molar refractivity (Wildman–Crippen MR) is 113 cm³/mol. The first-order chi connectivity index (χ1) is 12.3. The van der Waals surface area contributed by atoms with Crippen molar-refractivity contribution in [1.82, 2.24) is 0 Å². The van der Waals surface area contributed by atoms with Crippen molar-refractivity contribution < 1.29 is 13.9 Å². The van der Waals surface area contributed by atoms with E-state index >= 15 is 0 Å².